The molecule has 0 saturated heterocycles. The minimum absolute atomic E-state index is 0.147. The minimum atomic E-state index is -2.97. The zero-order valence-electron chi connectivity index (χ0n) is 19.0. The van der Waals surface area contributed by atoms with Crippen molar-refractivity contribution in [1.82, 2.24) is 0 Å². The van der Waals surface area contributed by atoms with Crippen LogP contribution in [0.25, 0.3) is 0 Å². The van der Waals surface area contributed by atoms with Crippen LogP contribution >= 0.6 is 0 Å². The van der Waals surface area contributed by atoms with Crippen molar-refractivity contribution >= 4 is 29.8 Å². The first-order valence-corrected chi connectivity index (χ1v) is 10.3. The Hall–Kier alpha value is -3.51. The maximum Gasteiger partial charge on any atom is 0.365 e. The van der Waals surface area contributed by atoms with Gasteiger partial charge in [-0.15, -0.1) is 0 Å². The molecule has 34 heavy (non-hydrogen) atoms. The van der Waals surface area contributed by atoms with Crippen molar-refractivity contribution in [3.8, 4) is 0 Å². The Bertz CT molecular complexity index is 807. The fourth-order valence-electron chi connectivity index (χ4n) is 2.26. The fourth-order valence-corrected chi connectivity index (χ4v) is 2.26. The quantitative estimate of drug-likeness (QED) is 0.204. The number of quaternary nitrogens is 1. The lowest BCUT2D eigenvalue weighted by Crippen LogP contribution is -2.67. The Morgan fingerprint density at radius 2 is 1.50 bits per heavy atom. The molecular formula is C22H29NO11-2. The second-order valence-electron chi connectivity index (χ2n) is 7.68. The Morgan fingerprint density at radius 3 is 1.94 bits per heavy atom. The van der Waals surface area contributed by atoms with Crippen LogP contribution in [0.15, 0.2) is 30.3 Å². The molecule has 1 rings (SSSR count). The Balaban J connectivity index is 0.000000722. The summed E-state index contributed by atoms with van der Waals surface area (Å²) in [4.78, 5) is 53.1. The van der Waals surface area contributed by atoms with Crippen LogP contribution in [0.4, 0.5) is 0 Å². The van der Waals surface area contributed by atoms with E-state index in [1.165, 1.54) is 0 Å². The summed E-state index contributed by atoms with van der Waals surface area (Å²) in [7, 11) is 0. The number of hydrogen-bond donors (Lipinski definition) is 2. The highest BCUT2D eigenvalue weighted by Gasteiger charge is 2.29. The molecule has 0 fully saturated rings. The predicted molar refractivity (Wildman–Crippen MR) is 107 cm³/mol. The van der Waals surface area contributed by atoms with Gasteiger partial charge in [0.15, 0.2) is 6.04 Å². The number of carboxylic acids is 3. The van der Waals surface area contributed by atoms with Gasteiger partial charge in [-0.05, 0) is 12.0 Å². The maximum absolute atomic E-state index is 11.5. The van der Waals surface area contributed by atoms with Crippen molar-refractivity contribution in [3.63, 3.8) is 0 Å². The zero-order valence-corrected chi connectivity index (χ0v) is 19.0. The van der Waals surface area contributed by atoms with E-state index in [0.29, 0.717) is 6.42 Å². The van der Waals surface area contributed by atoms with E-state index in [0.717, 1.165) is 5.56 Å². The van der Waals surface area contributed by atoms with Gasteiger partial charge in [-0.2, -0.15) is 0 Å². The topological polar surface area (TPSA) is 221 Å². The molecule has 0 heterocycles. The van der Waals surface area contributed by atoms with Gasteiger partial charge in [0.1, 0.15) is 12.2 Å². The summed E-state index contributed by atoms with van der Waals surface area (Å²) < 4.78 is 10.2. The second kappa shape index (κ2) is 15.3. The molecule has 12 nitrogen and oxygen atoms in total. The maximum atomic E-state index is 11.5. The van der Waals surface area contributed by atoms with E-state index in [1.807, 2.05) is 44.2 Å². The van der Waals surface area contributed by atoms with E-state index in [9.17, 15) is 39.3 Å². The van der Waals surface area contributed by atoms with Crippen molar-refractivity contribution in [2.75, 3.05) is 6.61 Å². The number of rotatable bonds is 13. The molecule has 4 N–H and O–H groups in total. The van der Waals surface area contributed by atoms with Crippen LogP contribution < -0.4 is 21.1 Å². The van der Waals surface area contributed by atoms with Gasteiger partial charge >= 0.3 is 11.9 Å². The number of ether oxygens (including phenoxy) is 2. The van der Waals surface area contributed by atoms with E-state index in [4.69, 9.17) is 14.6 Å². The van der Waals surface area contributed by atoms with Gasteiger partial charge in [-0.1, -0.05) is 44.2 Å². The summed E-state index contributed by atoms with van der Waals surface area (Å²) >= 11 is 0. The average molecular weight is 483 g/mol. The number of hydrogen-bond acceptors (Lipinski definition) is 11. The van der Waals surface area contributed by atoms with E-state index >= 15 is 0 Å². The van der Waals surface area contributed by atoms with Crippen LogP contribution in [0.2, 0.25) is 0 Å². The zero-order chi connectivity index (χ0) is 26.3. The molecule has 0 saturated carbocycles. The van der Waals surface area contributed by atoms with Crippen LogP contribution in [0.1, 0.15) is 45.1 Å². The van der Waals surface area contributed by atoms with Crippen LogP contribution in [0.3, 0.4) is 0 Å². The lowest BCUT2D eigenvalue weighted by molar-refractivity contribution is -0.418. The molecule has 0 amide bonds. The second-order valence-corrected chi connectivity index (χ2v) is 7.68. The lowest BCUT2D eigenvalue weighted by atomic mass is 9.96. The highest BCUT2D eigenvalue weighted by molar-refractivity contribution is 5.86. The molecule has 0 unspecified atom stereocenters. The van der Waals surface area contributed by atoms with Crippen LogP contribution in [0, 0.1) is 5.92 Å². The summed E-state index contributed by atoms with van der Waals surface area (Å²) in [6.45, 7) is 4.32. The van der Waals surface area contributed by atoms with Gasteiger partial charge in [0.05, 0.1) is 12.6 Å². The van der Waals surface area contributed by atoms with Crippen molar-refractivity contribution < 1.29 is 59.6 Å². The summed E-state index contributed by atoms with van der Waals surface area (Å²) in [5.74, 6) is -6.44. The third-order valence-electron chi connectivity index (χ3n) is 4.37. The molecule has 1 aromatic carbocycles. The van der Waals surface area contributed by atoms with Crippen molar-refractivity contribution in [2.45, 2.75) is 57.8 Å². The molecule has 0 aliphatic carbocycles. The van der Waals surface area contributed by atoms with E-state index in [1.54, 1.807) is 0 Å². The number of carbonyl (C=O) groups is 5. The summed E-state index contributed by atoms with van der Waals surface area (Å²) in [6, 6.07) is 9.13. The standard InChI is InChI=1S/C16H23NO4.C6H8O7/c1-12(2)15(17)16(19)20-10-6-9-14(18)21-11-13-7-4-3-5-8-13;7-3(8)1-6(13,5(11)12)2-4(9)10/h3-5,7-8,12,15H,6,9-11,17H2,1-2H3;13H,1-2H2,(H,7,8)(H,9,10)(H,11,12)/p-2/t15-;/m0./s1. The van der Waals surface area contributed by atoms with Crippen LogP contribution in [-0.2, 0) is 40.1 Å². The van der Waals surface area contributed by atoms with E-state index in [2.05, 4.69) is 5.73 Å². The fraction of sp³-hybridized carbons (Fsp3) is 0.500. The lowest BCUT2D eigenvalue weighted by Gasteiger charge is -2.29. The molecule has 0 radical (unpaired) electrons. The summed E-state index contributed by atoms with van der Waals surface area (Å²) in [5.41, 5.74) is 1.73. The molecule has 190 valence electrons. The van der Waals surface area contributed by atoms with E-state index < -0.39 is 36.4 Å². The molecule has 0 spiro atoms. The Kier molecular flexibility index (Phi) is 13.8. The predicted octanol–water partition coefficient (Wildman–Crippen LogP) is -3.93. The molecule has 0 aliphatic rings. The van der Waals surface area contributed by atoms with Crippen molar-refractivity contribution in [2.24, 2.45) is 5.92 Å². The Morgan fingerprint density at radius 1 is 0.971 bits per heavy atom. The van der Waals surface area contributed by atoms with Gasteiger partial charge in [-0.25, -0.2) is 4.79 Å². The van der Waals surface area contributed by atoms with Gasteiger partial charge in [0, 0.05) is 37.1 Å². The highest BCUT2D eigenvalue weighted by atomic mass is 16.5. The molecule has 12 heteroatoms. The van der Waals surface area contributed by atoms with Crippen molar-refractivity contribution in [3.05, 3.63) is 35.9 Å². The minimum Gasteiger partial charge on any atom is -0.550 e. The molecule has 1 aromatic rings. The molecule has 1 atom stereocenters. The molecule has 0 aliphatic heterocycles. The molecule has 0 bridgehead atoms. The average Bonchev–Trinajstić information content (AvgIpc) is 2.74. The number of carboxylic acid groups (broad SMARTS) is 3. The number of esters is 2. The van der Waals surface area contributed by atoms with Crippen molar-refractivity contribution in [1.29, 1.82) is 0 Å². The molecular weight excluding hydrogens is 454 g/mol. The van der Waals surface area contributed by atoms with Gasteiger partial charge in [0.25, 0.3) is 0 Å². The molecule has 0 aromatic heterocycles. The number of carbonyl (C=O) groups excluding carboxylic acids is 5. The normalized spacial score (nSPS) is 11.6. The smallest absolute Gasteiger partial charge is 0.365 e. The van der Waals surface area contributed by atoms with Gasteiger partial charge < -0.3 is 50.0 Å². The first-order chi connectivity index (χ1) is 15.8. The largest absolute Gasteiger partial charge is 0.550 e. The first-order valence-electron chi connectivity index (χ1n) is 10.3. The SMILES string of the molecule is CC(C)[C@H]([NH3+])C(=O)OCCCC(=O)OCc1ccccc1.O=C([O-])CC(O)(CC(=O)[O-])C(=O)[O-]. The van der Waals surface area contributed by atoms with Gasteiger partial charge in [-0.3, -0.25) is 4.79 Å². The number of benzene rings is 1. The van der Waals surface area contributed by atoms with Gasteiger partial charge in [0.2, 0.25) is 0 Å². The number of aliphatic hydroxyl groups is 1. The third kappa shape index (κ3) is 13.1. The Labute approximate surface area is 196 Å². The monoisotopic (exact) mass is 483 g/mol. The summed E-state index contributed by atoms with van der Waals surface area (Å²) in [6.07, 6.45) is -2.01. The van der Waals surface area contributed by atoms with Crippen LogP contribution in [0.5, 0.6) is 0 Å². The van der Waals surface area contributed by atoms with Crippen LogP contribution in [-0.4, -0.2) is 53.2 Å². The first kappa shape index (κ1) is 30.5. The number of aliphatic carboxylic acids is 3. The third-order valence-corrected chi connectivity index (χ3v) is 4.37. The van der Waals surface area contributed by atoms with E-state index in [-0.39, 0.29) is 43.5 Å². The highest BCUT2D eigenvalue weighted by Crippen LogP contribution is 2.13. The summed E-state index contributed by atoms with van der Waals surface area (Å²) in [5, 5.41) is 38.9.